The van der Waals surface area contributed by atoms with Gasteiger partial charge in [0.15, 0.2) is 37.7 Å². The first-order valence-corrected chi connectivity index (χ1v) is 18.2. The minimum absolute atomic E-state index is 0.498. The van der Waals surface area contributed by atoms with E-state index in [-0.39, 0.29) is 0 Å². The smallest absolute Gasteiger partial charge is 0.187 e. The largest absolute Gasteiger partial charge is 0.394 e. The Morgan fingerprint density at radius 3 is 0.982 bits per heavy atom. The zero-order valence-electron chi connectivity index (χ0n) is 29.9. The average molecular weight is 841 g/mol. The molecule has 0 radical (unpaired) electrons. The van der Waals surface area contributed by atoms with E-state index in [1.54, 1.807) is 0 Å². The van der Waals surface area contributed by atoms with Crippen molar-refractivity contribution in [2.75, 3.05) is 39.6 Å². The molecule has 0 unspecified atom stereocenters. The summed E-state index contributed by atoms with van der Waals surface area (Å²) in [6, 6.07) is 0. The van der Waals surface area contributed by atoms with Gasteiger partial charge in [-0.2, -0.15) is 0 Å². The van der Waals surface area contributed by atoms with Gasteiger partial charge in [0.1, 0.15) is 116 Å². The van der Waals surface area contributed by atoms with Crippen LogP contribution in [0.2, 0.25) is 0 Å². The summed E-state index contributed by atoms with van der Waals surface area (Å²) < 4.78 is 61.4. The molecule has 26 nitrogen and oxygen atoms in total. The van der Waals surface area contributed by atoms with Crippen LogP contribution in [0.25, 0.3) is 0 Å². The van der Waals surface area contributed by atoms with Crippen LogP contribution in [0.3, 0.4) is 0 Å². The van der Waals surface area contributed by atoms with Gasteiger partial charge in [-0.1, -0.05) is 0 Å². The van der Waals surface area contributed by atoms with Gasteiger partial charge >= 0.3 is 0 Å². The molecular weight excluding hydrogens is 788 g/mol. The van der Waals surface area contributed by atoms with Crippen LogP contribution in [-0.4, -0.2) is 270 Å². The molecule has 0 saturated carbocycles. The van der Waals surface area contributed by atoms with Crippen LogP contribution in [-0.2, 0) is 52.1 Å². The fourth-order valence-corrected chi connectivity index (χ4v) is 7.00. The molecule has 0 aromatic heterocycles. The standard InChI is InChI=1S/C31H52O26/c32-1-12-18(43)19(44)21(26(46)52-12)53-28-23(15(40)9(35)3-48-28)55-30-25(17(42)11(37)5-50-30)57-31-24(16(41)10(36)6-51-31)56-29-22(14(39)8(34)4-49-29)54-27-20(45)13(38)7(33)2-47-27/h7-46H,1-6H2/t7-,8-,9-,10-,11-,12+,13-,14-,15-,16-,17-,18+,19-,20+,21+,22+,23+,24+,25+,26+,27-,28-,29-,30-,31-/m0/s1. The maximum Gasteiger partial charge on any atom is 0.187 e. The monoisotopic (exact) mass is 840 g/mol. The minimum Gasteiger partial charge on any atom is -0.394 e. The topological polar surface area (TPSA) is 405 Å². The van der Waals surface area contributed by atoms with Crippen molar-refractivity contribution in [3.05, 3.63) is 0 Å². The lowest BCUT2D eigenvalue weighted by Gasteiger charge is -2.48. The third kappa shape index (κ3) is 9.72. The van der Waals surface area contributed by atoms with Crippen molar-refractivity contribution in [1.29, 1.82) is 0 Å². The molecule has 6 fully saturated rings. The van der Waals surface area contributed by atoms with E-state index >= 15 is 0 Å². The van der Waals surface area contributed by atoms with Crippen molar-refractivity contribution >= 4 is 0 Å². The lowest BCUT2D eigenvalue weighted by atomic mass is 9.98. The highest BCUT2D eigenvalue weighted by atomic mass is 16.8. The van der Waals surface area contributed by atoms with Crippen LogP contribution in [0.1, 0.15) is 0 Å². The first-order valence-electron chi connectivity index (χ1n) is 18.2. The number of aliphatic hydroxyl groups excluding tert-OH is 15. The number of ether oxygens (including phenoxy) is 11. The van der Waals surface area contributed by atoms with Gasteiger partial charge in [0.25, 0.3) is 0 Å². The van der Waals surface area contributed by atoms with Gasteiger partial charge in [0.2, 0.25) is 0 Å². The molecule has 15 N–H and O–H groups in total. The summed E-state index contributed by atoms with van der Waals surface area (Å²) >= 11 is 0. The number of hydrogen-bond donors (Lipinski definition) is 15. The van der Waals surface area contributed by atoms with Crippen molar-refractivity contribution in [1.82, 2.24) is 0 Å². The maximum absolute atomic E-state index is 11.1. The van der Waals surface area contributed by atoms with Crippen LogP contribution < -0.4 is 0 Å². The van der Waals surface area contributed by atoms with Crippen LogP contribution in [0.5, 0.6) is 0 Å². The van der Waals surface area contributed by atoms with E-state index < -0.39 is 193 Å². The van der Waals surface area contributed by atoms with Crippen molar-refractivity contribution < 1.29 is 129 Å². The quantitative estimate of drug-likeness (QED) is 0.0918. The van der Waals surface area contributed by atoms with Gasteiger partial charge in [-0.3, -0.25) is 0 Å². The molecule has 332 valence electrons. The number of aliphatic hydroxyl groups is 15. The minimum atomic E-state index is -1.95. The molecular formula is C31H52O26. The first-order chi connectivity index (χ1) is 27.0. The van der Waals surface area contributed by atoms with Crippen LogP contribution in [0, 0.1) is 0 Å². The Labute approximate surface area is 322 Å². The van der Waals surface area contributed by atoms with Gasteiger partial charge < -0.3 is 129 Å². The third-order valence-corrected chi connectivity index (χ3v) is 10.5. The van der Waals surface area contributed by atoms with E-state index in [2.05, 4.69) is 0 Å². The van der Waals surface area contributed by atoms with Gasteiger partial charge in [0, 0.05) is 0 Å². The van der Waals surface area contributed by atoms with Crippen molar-refractivity contribution in [2.45, 2.75) is 154 Å². The Morgan fingerprint density at radius 1 is 0.333 bits per heavy atom. The second-order valence-electron chi connectivity index (χ2n) is 14.5. The fraction of sp³-hybridized carbons (Fsp3) is 1.00. The predicted molar refractivity (Wildman–Crippen MR) is 169 cm³/mol. The molecule has 57 heavy (non-hydrogen) atoms. The van der Waals surface area contributed by atoms with E-state index in [0.717, 1.165) is 0 Å². The molecule has 26 heteroatoms. The summed E-state index contributed by atoms with van der Waals surface area (Å²) in [5, 5.41) is 157. The second-order valence-corrected chi connectivity index (χ2v) is 14.5. The summed E-state index contributed by atoms with van der Waals surface area (Å²) in [7, 11) is 0. The van der Waals surface area contributed by atoms with E-state index in [1.807, 2.05) is 0 Å². The van der Waals surface area contributed by atoms with E-state index in [4.69, 9.17) is 52.1 Å². The summed E-state index contributed by atoms with van der Waals surface area (Å²) in [6.07, 6.45) is -43.9. The molecule has 0 aliphatic carbocycles. The Balaban J connectivity index is 1.20. The Kier molecular flexibility index (Phi) is 15.4. The number of hydrogen-bond acceptors (Lipinski definition) is 26. The Morgan fingerprint density at radius 2 is 0.632 bits per heavy atom. The molecule has 6 aliphatic rings. The normalized spacial score (nSPS) is 54.1. The zero-order chi connectivity index (χ0) is 41.5. The summed E-state index contributed by atoms with van der Waals surface area (Å²) in [5.74, 6) is 0. The Bertz CT molecular complexity index is 1260. The highest BCUT2D eigenvalue weighted by molar-refractivity contribution is 4.95. The Hall–Kier alpha value is -1.04. The molecule has 25 atom stereocenters. The fourth-order valence-electron chi connectivity index (χ4n) is 7.00. The zero-order valence-corrected chi connectivity index (χ0v) is 29.9. The van der Waals surface area contributed by atoms with E-state index in [0.29, 0.717) is 0 Å². The summed E-state index contributed by atoms with van der Waals surface area (Å²) in [6.45, 7) is -3.62. The third-order valence-electron chi connectivity index (χ3n) is 10.5. The molecule has 0 aromatic carbocycles. The van der Waals surface area contributed by atoms with Gasteiger partial charge in [-0.25, -0.2) is 0 Å². The SMILES string of the molecule is OC[C@H]1O[C@@H](O)[C@H](O[C@@H]2OC[C@H](O)[C@H](O)[C@H]2O[C@@H]2OC[C@H](O)[C@H](O)[C@H]2O[C@@H]2OC[C@H](O)[C@H](O)[C@H]2O[C@@H]2OC[C@H](O)[C@H](O)[C@H]2O[C@@H]2OC[C@H](O)[C@H](O)[C@H]2O)[C@@H](O)[C@@H]1O. The predicted octanol–water partition coefficient (Wildman–Crippen LogP) is -10.9. The molecule has 0 aromatic rings. The van der Waals surface area contributed by atoms with Crippen molar-refractivity contribution in [3.63, 3.8) is 0 Å². The molecule has 0 bridgehead atoms. The molecule has 0 amide bonds. The van der Waals surface area contributed by atoms with Crippen molar-refractivity contribution in [3.8, 4) is 0 Å². The molecule has 6 heterocycles. The highest BCUT2D eigenvalue weighted by Gasteiger charge is 2.54. The van der Waals surface area contributed by atoms with E-state index in [1.165, 1.54) is 0 Å². The van der Waals surface area contributed by atoms with E-state index in [9.17, 15) is 76.6 Å². The molecule has 6 saturated heterocycles. The highest BCUT2D eigenvalue weighted by Crippen LogP contribution is 2.34. The molecule has 0 spiro atoms. The average Bonchev–Trinajstić information content (AvgIpc) is 3.18. The van der Waals surface area contributed by atoms with Crippen LogP contribution >= 0.6 is 0 Å². The van der Waals surface area contributed by atoms with Crippen molar-refractivity contribution in [2.24, 2.45) is 0 Å². The van der Waals surface area contributed by atoms with Gasteiger partial charge in [-0.05, 0) is 0 Å². The maximum atomic E-state index is 11.1. The lowest BCUT2D eigenvalue weighted by molar-refractivity contribution is -0.398. The van der Waals surface area contributed by atoms with Crippen LogP contribution in [0.4, 0.5) is 0 Å². The summed E-state index contributed by atoms with van der Waals surface area (Å²) in [4.78, 5) is 0. The second kappa shape index (κ2) is 19.3. The lowest BCUT2D eigenvalue weighted by Crippen LogP contribution is -2.65. The number of rotatable bonds is 11. The van der Waals surface area contributed by atoms with Crippen LogP contribution in [0.15, 0.2) is 0 Å². The summed E-state index contributed by atoms with van der Waals surface area (Å²) in [5.41, 5.74) is 0. The molecule has 6 rings (SSSR count). The van der Waals surface area contributed by atoms with Gasteiger partial charge in [-0.15, -0.1) is 0 Å². The first kappa shape index (κ1) is 45.5. The van der Waals surface area contributed by atoms with Gasteiger partial charge in [0.05, 0.1) is 39.6 Å². The molecule has 6 aliphatic heterocycles.